The van der Waals surface area contributed by atoms with E-state index in [4.69, 9.17) is 0 Å². The van der Waals surface area contributed by atoms with Gasteiger partial charge in [-0.3, -0.25) is 0 Å². The highest BCUT2D eigenvalue weighted by molar-refractivity contribution is 4.86. The summed E-state index contributed by atoms with van der Waals surface area (Å²) in [5, 5.41) is 0. The fraction of sp³-hybridized carbons (Fsp3) is 1.00. The lowest BCUT2D eigenvalue weighted by atomic mass is 9.68. The first kappa shape index (κ1) is 18.6. The quantitative estimate of drug-likeness (QED) is 0.493. The summed E-state index contributed by atoms with van der Waals surface area (Å²) >= 11 is 0. The molecule has 0 aromatic rings. The Morgan fingerprint density at radius 3 is 1.79 bits per heavy atom. The molecule has 3 rings (SSSR count). The molecule has 3 saturated carbocycles. The summed E-state index contributed by atoms with van der Waals surface area (Å²) in [6, 6.07) is 0. The van der Waals surface area contributed by atoms with Crippen LogP contribution < -0.4 is 0 Å². The molecule has 0 aliphatic heterocycles. The third kappa shape index (κ3) is 4.69. The van der Waals surface area contributed by atoms with E-state index >= 15 is 0 Å². The van der Waals surface area contributed by atoms with Crippen molar-refractivity contribution in [1.82, 2.24) is 0 Å². The Morgan fingerprint density at radius 1 is 0.625 bits per heavy atom. The van der Waals surface area contributed by atoms with Gasteiger partial charge in [-0.05, 0) is 81.0 Å². The second kappa shape index (κ2) is 8.45. The lowest BCUT2D eigenvalue weighted by Gasteiger charge is -2.38. The number of rotatable bonds is 3. The molecule has 3 aliphatic rings. The molecular weight excluding hydrogens is 309 g/mol. The predicted molar refractivity (Wildman–Crippen MR) is 93.2 cm³/mol. The largest absolute Gasteiger partial charge is 0.244 e. The Labute approximate surface area is 146 Å². The summed E-state index contributed by atoms with van der Waals surface area (Å²) in [7, 11) is 0. The van der Waals surface area contributed by atoms with Crippen molar-refractivity contribution in [3.05, 3.63) is 0 Å². The first-order chi connectivity index (χ1) is 11.5. The van der Waals surface area contributed by atoms with Crippen molar-refractivity contribution in [2.45, 2.75) is 102 Å². The number of halogens is 3. The summed E-state index contributed by atoms with van der Waals surface area (Å²) in [5.41, 5.74) is 0. The highest BCUT2D eigenvalue weighted by Gasteiger charge is 2.37. The molecule has 3 aliphatic carbocycles. The van der Waals surface area contributed by atoms with Crippen LogP contribution in [0, 0.1) is 29.6 Å². The Kier molecular flexibility index (Phi) is 6.54. The number of hydrogen-bond donors (Lipinski definition) is 0. The molecule has 0 spiro atoms. The highest BCUT2D eigenvalue weighted by Crippen LogP contribution is 2.43. The predicted octanol–water partition coefficient (Wildman–Crippen LogP) is 6.82. The van der Waals surface area contributed by atoms with Crippen LogP contribution in [0.1, 0.15) is 84.0 Å². The van der Waals surface area contributed by atoms with Crippen LogP contribution in [0.25, 0.3) is 0 Å². The van der Waals surface area contributed by atoms with Crippen LogP contribution in [0.2, 0.25) is 0 Å². The average molecular weight is 345 g/mol. The Morgan fingerprint density at radius 2 is 1.17 bits per heavy atom. The molecule has 0 N–H and O–H groups in total. The van der Waals surface area contributed by atoms with Gasteiger partial charge < -0.3 is 0 Å². The smallest absolute Gasteiger partial charge is 0.162 e. The summed E-state index contributed by atoms with van der Waals surface area (Å²) in [6.07, 6.45) is 7.84. The second-order valence-electron chi connectivity index (χ2n) is 9.19. The van der Waals surface area contributed by atoms with Gasteiger partial charge in [-0.15, -0.1) is 0 Å². The lowest BCUT2D eigenvalue weighted by molar-refractivity contribution is 0.0813. The monoisotopic (exact) mass is 344 g/mol. The van der Waals surface area contributed by atoms with Crippen LogP contribution in [-0.2, 0) is 0 Å². The Balaban J connectivity index is 1.42. The standard InChI is InChI=1S/C21H35F3/c1-14-2-7-17(8-3-14)18-9-4-15(5-10-18)12-16-6-11-19(22)21(24)20(23)13-16/h14-21H,2-13H2,1H3. The van der Waals surface area contributed by atoms with Gasteiger partial charge >= 0.3 is 0 Å². The molecule has 24 heavy (non-hydrogen) atoms. The van der Waals surface area contributed by atoms with Gasteiger partial charge in [0.05, 0.1) is 0 Å². The van der Waals surface area contributed by atoms with Crippen LogP contribution in [-0.4, -0.2) is 18.5 Å². The van der Waals surface area contributed by atoms with Crippen LogP contribution in [0.4, 0.5) is 13.2 Å². The second-order valence-corrected chi connectivity index (χ2v) is 9.19. The van der Waals surface area contributed by atoms with E-state index in [0.29, 0.717) is 12.3 Å². The summed E-state index contributed by atoms with van der Waals surface area (Å²) in [4.78, 5) is 0. The zero-order valence-corrected chi connectivity index (χ0v) is 15.2. The van der Waals surface area contributed by atoms with Gasteiger partial charge in [0.2, 0.25) is 0 Å². The van der Waals surface area contributed by atoms with Crippen molar-refractivity contribution in [2.75, 3.05) is 0 Å². The van der Waals surface area contributed by atoms with Crippen LogP contribution >= 0.6 is 0 Å². The van der Waals surface area contributed by atoms with E-state index in [1.54, 1.807) is 0 Å². The van der Waals surface area contributed by atoms with Gasteiger partial charge in [0.25, 0.3) is 0 Å². The molecule has 0 heterocycles. The van der Waals surface area contributed by atoms with E-state index in [-0.39, 0.29) is 18.8 Å². The van der Waals surface area contributed by atoms with Gasteiger partial charge in [-0.2, -0.15) is 0 Å². The maximum atomic E-state index is 13.8. The van der Waals surface area contributed by atoms with E-state index in [9.17, 15) is 13.2 Å². The molecule has 3 fully saturated rings. The first-order valence-corrected chi connectivity index (χ1v) is 10.4. The lowest BCUT2D eigenvalue weighted by Crippen LogP contribution is -2.27. The van der Waals surface area contributed by atoms with Crippen molar-refractivity contribution in [3.8, 4) is 0 Å². The molecule has 0 aromatic carbocycles. The van der Waals surface area contributed by atoms with E-state index in [0.717, 1.165) is 24.2 Å². The Hall–Kier alpha value is -0.210. The third-order valence-electron chi connectivity index (χ3n) is 7.39. The fourth-order valence-electron chi connectivity index (χ4n) is 5.69. The molecule has 0 aromatic heterocycles. The molecule has 0 amide bonds. The van der Waals surface area contributed by atoms with E-state index in [1.165, 1.54) is 51.4 Å². The minimum Gasteiger partial charge on any atom is -0.244 e. The molecule has 0 saturated heterocycles. The van der Waals surface area contributed by atoms with Crippen LogP contribution in [0.5, 0.6) is 0 Å². The van der Waals surface area contributed by atoms with Crippen molar-refractivity contribution in [1.29, 1.82) is 0 Å². The first-order valence-electron chi connectivity index (χ1n) is 10.4. The molecule has 4 atom stereocenters. The third-order valence-corrected chi connectivity index (χ3v) is 7.39. The van der Waals surface area contributed by atoms with E-state index < -0.39 is 18.5 Å². The van der Waals surface area contributed by atoms with Crippen molar-refractivity contribution in [2.24, 2.45) is 29.6 Å². The Bertz CT molecular complexity index is 369. The summed E-state index contributed by atoms with van der Waals surface area (Å²) in [6.45, 7) is 2.38. The fourth-order valence-corrected chi connectivity index (χ4v) is 5.69. The van der Waals surface area contributed by atoms with Gasteiger partial charge in [0.15, 0.2) is 6.17 Å². The van der Waals surface area contributed by atoms with Crippen molar-refractivity contribution < 1.29 is 13.2 Å². The van der Waals surface area contributed by atoms with E-state index in [1.807, 2.05) is 0 Å². The van der Waals surface area contributed by atoms with Crippen LogP contribution in [0.3, 0.4) is 0 Å². The van der Waals surface area contributed by atoms with Crippen LogP contribution in [0.15, 0.2) is 0 Å². The molecule has 4 unspecified atom stereocenters. The summed E-state index contributed by atoms with van der Waals surface area (Å²) < 4.78 is 40.8. The minimum absolute atomic E-state index is 0.191. The maximum Gasteiger partial charge on any atom is 0.162 e. The minimum atomic E-state index is -1.89. The summed E-state index contributed by atoms with van der Waals surface area (Å²) in [5.74, 6) is 3.61. The SMILES string of the molecule is CC1CCC(C2CCC(CC3CCC(F)C(F)C(F)C3)CC2)CC1. The maximum absolute atomic E-state index is 13.8. The molecule has 0 nitrogen and oxygen atoms in total. The molecule has 0 radical (unpaired) electrons. The van der Waals surface area contributed by atoms with Gasteiger partial charge in [0.1, 0.15) is 12.3 Å². The van der Waals surface area contributed by atoms with Gasteiger partial charge in [0, 0.05) is 0 Å². The van der Waals surface area contributed by atoms with Crippen molar-refractivity contribution in [3.63, 3.8) is 0 Å². The van der Waals surface area contributed by atoms with E-state index in [2.05, 4.69) is 6.92 Å². The van der Waals surface area contributed by atoms with Crippen molar-refractivity contribution >= 4 is 0 Å². The number of alkyl halides is 3. The van der Waals surface area contributed by atoms with Gasteiger partial charge in [-0.25, -0.2) is 13.2 Å². The highest BCUT2D eigenvalue weighted by atomic mass is 19.2. The molecule has 3 heteroatoms. The topological polar surface area (TPSA) is 0 Å². The molecule has 0 bridgehead atoms. The normalized spacial score (nSPS) is 48.0. The molecule has 140 valence electrons. The average Bonchev–Trinajstić information content (AvgIpc) is 2.70. The molecular formula is C21H35F3. The zero-order valence-electron chi connectivity index (χ0n) is 15.2. The number of hydrogen-bond acceptors (Lipinski definition) is 0. The van der Waals surface area contributed by atoms with Gasteiger partial charge in [-0.1, -0.05) is 32.6 Å². The zero-order chi connectivity index (χ0) is 17.1.